The summed E-state index contributed by atoms with van der Waals surface area (Å²) in [7, 11) is 0. The molecule has 0 radical (unpaired) electrons. The number of nitrogens with zero attached hydrogens (tertiary/aromatic N) is 3. The van der Waals surface area contributed by atoms with Crippen molar-refractivity contribution in [2.24, 2.45) is 0 Å². The molecular formula is C45H28IN3O. The number of benzene rings is 7. The number of rotatable bonds is 5. The van der Waals surface area contributed by atoms with Crippen molar-refractivity contribution in [1.29, 1.82) is 0 Å². The first-order valence-electron chi connectivity index (χ1n) is 16.6. The number of aromatic nitrogens is 3. The van der Waals surface area contributed by atoms with Crippen LogP contribution in [0.15, 0.2) is 174 Å². The average Bonchev–Trinajstić information content (AvgIpc) is 3.74. The van der Waals surface area contributed by atoms with Gasteiger partial charge in [0.2, 0.25) is 0 Å². The Balaban J connectivity index is 1.11. The van der Waals surface area contributed by atoms with E-state index in [1.165, 1.54) is 21.8 Å². The molecule has 10 rings (SSSR count). The molecule has 7 aromatic carbocycles. The third-order valence-electron chi connectivity index (χ3n) is 9.25. The van der Waals surface area contributed by atoms with Gasteiger partial charge in [-0.15, -0.1) is 0 Å². The molecule has 0 aliphatic carbocycles. The van der Waals surface area contributed by atoms with Crippen molar-refractivity contribution in [2.45, 2.75) is 0 Å². The summed E-state index contributed by atoms with van der Waals surface area (Å²) >= 11 is -1.92. The Kier molecular flexibility index (Phi) is 6.91. The van der Waals surface area contributed by atoms with Gasteiger partial charge >= 0.3 is 257 Å². The molecule has 2 aromatic heterocycles. The third kappa shape index (κ3) is 4.84. The molecule has 50 heavy (non-hydrogen) atoms. The zero-order valence-corrected chi connectivity index (χ0v) is 29.0. The van der Waals surface area contributed by atoms with E-state index in [9.17, 15) is 0 Å². The van der Waals surface area contributed by atoms with Gasteiger partial charge in [0.05, 0.1) is 0 Å². The summed E-state index contributed by atoms with van der Waals surface area (Å²) in [5.41, 5.74) is 9.44. The first-order chi connectivity index (χ1) is 24.8. The van der Waals surface area contributed by atoms with Gasteiger partial charge in [0.15, 0.2) is 0 Å². The maximum atomic E-state index is 6.40. The van der Waals surface area contributed by atoms with E-state index in [-0.39, 0.29) is 0 Å². The number of fused-ring (bicyclic) bond motifs is 6. The molecule has 0 N–H and O–H groups in total. The molecule has 0 saturated carbocycles. The number of hydrogen-bond acceptors (Lipinski definition) is 4. The second-order valence-corrected chi connectivity index (χ2v) is 17.5. The molecule has 0 spiro atoms. The molecule has 0 unspecified atom stereocenters. The normalized spacial score (nSPS) is 12.7. The topological polar surface area (TPSA) is 51.8 Å². The Bertz CT molecular complexity index is 2690. The van der Waals surface area contributed by atoms with Crippen LogP contribution in [0.1, 0.15) is 0 Å². The molecule has 0 atom stereocenters. The molecule has 236 valence electrons. The van der Waals surface area contributed by atoms with Crippen molar-refractivity contribution < 1.29 is 4.42 Å². The molecule has 5 heteroatoms. The van der Waals surface area contributed by atoms with E-state index < -0.39 is 19.8 Å². The van der Waals surface area contributed by atoms with E-state index in [0.717, 1.165) is 49.8 Å². The minimum absolute atomic E-state index is 0.633. The van der Waals surface area contributed by atoms with Gasteiger partial charge in [0.1, 0.15) is 5.58 Å². The van der Waals surface area contributed by atoms with Crippen LogP contribution in [0.2, 0.25) is 0 Å². The minimum atomic E-state index is -1.92. The molecule has 0 amide bonds. The molecule has 3 heterocycles. The van der Waals surface area contributed by atoms with Crippen LogP contribution in [-0.4, -0.2) is 15.0 Å². The SMILES string of the molecule is c1ccc(-c2nc(-c3cccc(-c4cccc5c4oc4ccccc45)c3)nc(-c3cccc(I4c5ccccc5-c5ccccc54)c3)n2)cc1. The van der Waals surface area contributed by atoms with E-state index in [4.69, 9.17) is 19.4 Å². The van der Waals surface area contributed by atoms with E-state index in [2.05, 4.69) is 140 Å². The molecular weight excluding hydrogens is 725 g/mol. The maximum absolute atomic E-state index is 6.40. The van der Waals surface area contributed by atoms with Gasteiger partial charge in [-0.25, -0.2) is 0 Å². The molecule has 4 nitrogen and oxygen atoms in total. The summed E-state index contributed by atoms with van der Waals surface area (Å²) in [6.45, 7) is 0. The van der Waals surface area contributed by atoms with Gasteiger partial charge < -0.3 is 0 Å². The number of halogens is 1. The Labute approximate surface area is 296 Å². The van der Waals surface area contributed by atoms with Crippen LogP contribution in [0.25, 0.3) is 78.4 Å². The molecule has 1 aliphatic heterocycles. The summed E-state index contributed by atoms with van der Waals surface area (Å²) in [5.74, 6) is 1.95. The van der Waals surface area contributed by atoms with Crippen LogP contribution in [0.5, 0.6) is 0 Å². The van der Waals surface area contributed by atoms with Crippen molar-refractivity contribution in [1.82, 2.24) is 15.0 Å². The van der Waals surface area contributed by atoms with Gasteiger partial charge in [-0.2, -0.15) is 0 Å². The second kappa shape index (κ2) is 11.9. The van der Waals surface area contributed by atoms with Crippen LogP contribution in [-0.2, 0) is 0 Å². The van der Waals surface area contributed by atoms with Gasteiger partial charge in [-0.3, -0.25) is 0 Å². The number of furan rings is 1. The second-order valence-electron chi connectivity index (χ2n) is 12.3. The molecule has 9 aromatic rings. The summed E-state index contributed by atoms with van der Waals surface area (Å²) in [4.78, 5) is 15.3. The first kappa shape index (κ1) is 29.0. The Morgan fingerprint density at radius 1 is 0.380 bits per heavy atom. The molecule has 0 fully saturated rings. The van der Waals surface area contributed by atoms with Crippen LogP contribution in [0, 0.1) is 10.7 Å². The fourth-order valence-electron chi connectivity index (χ4n) is 6.93. The van der Waals surface area contributed by atoms with E-state index in [1.54, 1.807) is 0 Å². The Morgan fingerprint density at radius 2 is 0.900 bits per heavy atom. The van der Waals surface area contributed by atoms with E-state index in [0.29, 0.717) is 17.5 Å². The summed E-state index contributed by atoms with van der Waals surface area (Å²) in [5, 5.41) is 2.22. The monoisotopic (exact) mass is 753 g/mol. The van der Waals surface area contributed by atoms with Gasteiger partial charge in [-0.05, 0) is 6.07 Å². The van der Waals surface area contributed by atoms with Crippen molar-refractivity contribution >= 4 is 41.8 Å². The van der Waals surface area contributed by atoms with Crippen LogP contribution in [0.4, 0.5) is 0 Å². The number of para-hydroxylation sites is 2. The van der Waals surface area contributed by atoms with Crippen molar-refractivity contribution in [3.05, 3.63) is 181 Å². The quantitative estimate of drug-likeness (QED) is 0.164. The van der Waals surface area contributed by atoms with Crippen molar-refractivity contribution in [3.8, 4) is 56.4 Å². The van der Waals surface area contributed by atoms with Crippen LogP contribution >= 0.6 is 19.8 Å². The van der Waals surface area contributed by atoms with Crippen LogP contribution in [0.3, 0.4) is 0 Å². The van der Waals surface area contributed by atoms with E-state index in [1.807, 2.05) is 30.3 Å². The number of hydrogen-bond donors (Lipinski definition) is 0. The first-order valence-corrected chi connectivity index (χ1v) is 19.8. The van der Waals surface area contributed by atoms with Gasteiger partial charge in [-0.1, -0.05) is 24.3 Å². The standard InChI is InChI=1S/C45H28IN3O/c1-2-13-29(14-3-1)43-47-44(31-16-10-15-30(27-31)34-22-12-23-38-37-21-6-9-26-41(37)50-42(34)38)49-45(48-43)32-17-11-18-33(28-32)46-39-24-7-4-19-35(39)36-20-5-8-25-40(36)46/h1-28H. The molecule has 1 aliphatic rings. The zero-order chi connectivity index (χ0) is 33.0. The predicted molar refractivity (Wildman–Crippen MR) is 211 cm³/mol. The van der Waals surface area contributed by atoms with Gasteiger partial charge in [0, 0.05) is 5.39 Å². The Morgan fingerprint density at radius 3 is 1.66 bits per heavy atom. The Hall–Kier alpha value is -5.92. The van der Waals surface area contributed by atoms with Crippen molar-refractivity contribution in [2.75, 3.05) is 0 Å². The third-order valence-corrected chi connectivity index (χ3v) is 15.4. The van der Waals surface area contributed by atoms with Crippen molar-refractivity contribution in [3.63, 3.8) is 0 Å². The molecule has 0 saturated heterocycles. The van der Waals surface area contributed by atoms with E-state index >= 15 is 0 Å². The average molecular weight is 754 g/mol. The fourth-order valence-corrected chi connectivity index (χ4v) is 13.3. The zero-order valence-electron chi connectivity index (χ0n) is 26.8. The fraction of sp³-hybridized carbons (Fsp3) is 0. The predicted octanol–water partition coefficient (Wildman–Crippen LogP) is 11.8. The van der Waals surface area contributed by atoms with Crippen LogP contribution < -0.4 is 0 Å². The summed E-state index contributed by atoms with van der Waals surface area (Å²) in [6.07, 6.45) is 0. The van der Waals surface area contributed by atoms with Gasteiger partial charge in [0.25, 0.3) is 0 Å². The summed E-state index contributed by atoms with van der Waals surface area (Å²) < 4.78 is 10.7. The molecule has 0 bridgehead atoms. The summed E-state index contributed by atoms with van der Waals surface area (Å²) in [6, 6.07) is 59.8.